The molecule has 1 aromatic carbocycles. The second-order valence-electron chi connectivity index (χ2n) is 6.52. The lowest BCUT2D eigenvalue weighted by Crippen LogP contribution is -2.34. The van der Waals surface area contributed by atoms with Gasteiger partial charge >= 0.3 is 0 Å². The molecular weight excluding hydrogens is 366 g/mol. The summed E-state index contributed by atoms with van der Waals surface area (Å²) in [6, 6.07) is 4.17. The van der Waals surface area contributed by atoms with Crippen molar-refractivity contribution in [3.05, 3.63) is 28.1 Å². The average molecular weight is 389 g/mol. The first-order valence-electron chi connectivity index (χ1n) is 8.99. The number of hydrogen-bond acceptors (Lipinski definition) is 5. The van der Waals surface area contributed by atoms with Crippen LogP contribution in [-0.4, -0.2) is 46.9 Å². The van der Waals surface area contributed by atoms with Crippen LogP contribution in [0.25, 0.3) is 10.2 Å². The Morgan fingerprint density at radius 2 is 1.85 bits per heavy atom. The van der Waals surface area contributed by atoms with Crippen LogP contribution in [0.5, 0.6) is 0 Å². The number of thiazole rings is 1. The summed E-state index contributed by atoms with van der Waals surface area (Å²) in [6.07, 6.45) is 0.337. The van der Waals surface area contributed by atoms with Crippen molar-refractivity contribution in [1.82, 2.24) is 9.47 Å². The maximum absolute atomic E-state index is 12.4. The Morgan fingerprint density at radius 3 is 2.52 bits per heavy atom. The van der Waals surface area contributed by atoms with Crippen molar-refractivity contribution in [2.45, 2.75) is 40.2 Å². The van der Waals surface area contributed by atoms with Gasteiger partial charge in [-0.2, -0.15) is 4.99 Å². The highest BCUT2D eigenvalue weighted by Crippen LogP contribution is 2.22. The lowest BCUT2D eigenvalue weighted by Gasteiger charge is -2.10. The Morgan fingerprint density at radius 1 is 1.19 bits per heavy atom. The van der Waals surface area contributed by atoms with E-state index in [1.165, 1.54) is 16.9 Å². The number of amides is 3. The molecule has 1 aliphatic heterocycles. The SMILES string of the molecule is CCOCCn1c(=NC(=O)CN2C(=O)CCC2=O)sc2cc(C)c(C)cc21. The zero-order chi connectivity index (χ0) is 19.6. The number of rotatable bonds is 6. The van der Waals surface area contributed by atoms with E-state index in [1.54, 1.807) is 0 Å². The maximum atomic E-state index is 12.4. The number of carbonyl (C=O) groups is 3. The van der Waals surface area contributed by atoms with Crippen LogP contribution >= 0.6 is 11.3 Å². The first kappa shape index (κ1) is 19.4. The second-order valence-corrected chi connectivity index (χ2v) is 7.53. The van der Waals surface area contributed by atoms with E-state index in [4.69, 9.17) is 4.74 Å². The molecule has 0 N–H and O–H groups in total. The average Bonchev–Trinajstić information content (AvgIpc) is 3.10. The first-order chi connectivity index (χ1) is 12.9. The summed E-state index contributed by atoms with van der Waals surface area (Å²) in [5.41, 5.74) is 3.34. The first-order valence-corrected chi connectivity index (χ1v) is 9.81. The van der Waals surface area contributed by atoms with E-state index in [-0.39, 0.29) is 31.2 Å². The fourth-order valence-corrected chi connectivity index (χ4v) is 4.15. The highest BCUT2D eigenvalue weighted by Gasteiger charge is 2.30. The molecule has 0 radical (unpaired) electrons. The Labute approximate surface area is 161 Å². The van der Waals surface area contributed by atoms with E-state index in [0.717, 1.165) is 20.7 Å². The van der Waals surface area contributed by atoms with E-state index < -0.39 is 5.91 Å². The van der Waals surface area contributed by atoms with Crippen molar-refractivity contribution < 1.29 is 19.1 Å². The monoisotopic (exact) mass is 389 g/mol. The zero-order valence-electron chi connectivity index (χ0n) is 15.8. The lowest BCUT2D eigenvalue weighted by molar-refractivity contribution is -0.141. The van der Waals surface area contributed by atoms with Gasteiger partial charge in [0.2, 0.25) is 11.8 Å². The number of aryl methyl sites for hydroxylation is 2. The summed E-state index contributed by atoms with van der Waals surface area (Å²) >= 11 is 1.42. The van der Waals surface area contributed by atoms with Crippen LogP contribution in [0.2, 0.25) is 0 Å². The molecular formula is C19H23N3O4S. The summed E-state index contributed by atoms with van der Waals surface area (Å²) in [4.78, 5) is 41.6. The van der Waals surface area contributed by atoms with E-state index >= 15 is 0 Å². The van der Waals surface area contributed by atoms with Crippen molar-refractivity contribution in [3.8, 4) is 0 Å². The predicted octanol–water partition coefficient (Wildman–Crippen LogP) is 1.93. The molecule has 8 heteroatoms. The molecule has 0 saturated carbocycles. The molecule has 0 unspecified atom stereocenters. The van der Waals surface area contributed by atoms with Gasteiger partial charge in [-0.1, -0.05) is 11.3 Å². The molecule has 2 aromatic rings. The standard InChI is InChI=1S/C19H23N3O4S/c1-4-26-8-7-21-14-9-12(2)13(3)10-15(14)27-19(21)20-16(23)11-22-17(24)5-6-18(22)25/h9-10H,4-8,11H2,1-3H3. The van der Waals surface area contributed by atoms with Crippen LogP contribution < -0.4 is 4.80 Å². The van der Waals surface area contributed by atoms with Gasteiger partial charge in [0.1, 0.15) is 6.54 Å². The summed E-state index contributed by atoms with van der Waals surface area (Å²) in [5, 5.41) is 0. The molecule has 1 aromatic heterocycles. The summed E-state index contributed by atoms with van der Waals surface area (Å²) in [7, 11) is 0. The number of benzene rings is 1. The summed E-state index contributed by atoms with van der Waals surface area (Å²) in [5.74, 6) is -1.12. The quantitative estimate of drug-likeness (QED) is 0.558. The minimum Gasteiger partial charge on any atom is -0.380 e. The lowest BCUT2D eigenvalue weighted by atomic mass is 10.1. The van der Waals surface area contributed by atoms with Gasteiger partial charge in [-0.15, -0.1) is 0 Å². The number of nitrogens with zero attached hydrogens (tertiary/aromatic N) is 3. The molecule has 3 amide bonds. The van der Waals surface area contributed by atoms with Crippen LogP contribution in [0.3, 0.4) is 0 Å². The zero-order valence-corrected chi connectivity index (χ0v) is 16.6. The molecule has 144 valence electrons. The third-order valence-corrected chi connectivity index (χ3v) is 5.67. The van der Waals surface area contributed by atoms with Gasteiger partial charge in [-0.05, 0) is 44.0 Å². The minimum atomic E-state index is -0.497. The number of hydrogen-bond donors (Lipinski definition) is 0. The van der Waals surface area contributed by atoms with Crippen LogP contribution in [0.15, 0.2) is 17.1 Å². The molecule has 0 atom stereocenters. The van der Waals surface area contributed by atoms with Gasteiger partial charge in [0.25, 0.3) is 5.91 Å². The minimum absolute atomic E-state index is 0.169. The van der Waals surface area contributed by atoms with Gasteiger partial charge in [0, 0.05) is 26.0 Å². The predicted molar refractivity (Wildman–Crippen MR) is 102 cm³/mol. The Kier molecular flexibility index (Phi) is 5.86. The molecule has 1 aliphatic rings. The largest absolute Gasteiger partial charge is 0.380 e. The Balaban J connectivity index is 1.96. The number of likely N-dealkylation sites (tertiary alicyclic amines) is 1. The van der Waals surface area contributed by atoms with E-state index in [0.29, 0.717) is 24.6 Å². The topological polar surface area (TPSA) is 81.0 Å². The van der Waals surface area contributed by atoms with Crippen molar-refractivity contribution >= 4 is 39.3 Å². The van der Waals surface area contributed by atoms with Crippen LogP contribution in [0.1, 0.15) is 30.9 Å². The third-order valence-electron chi connectivity index (χ3n) is 4.63. The van der Waals surface area contributed by atoms with Crippen LogP contribution in [0, 0.1) is 13.8 Å². The number of carbonyl (C=O) groups excluding carboxylic acids is 3. The van der Waals surface area contributed by atoms with Crippen LogP contribution in [-0.2, 0) is 25.7 Å². The van der Waals surface area contributed by atoms with Crippen molar-refractivity contribution in [1.29, 1.82) is 0 Å². The van der Waals surface area contributed by atoms with E-state index in [1.807, 2.05) is 25.3 Å². The van der Waals surface area contributed by atoms with Crippen molar-refractivity contribution in [2.75, 3.05) is 19.8 Å². The summed E-state index contributed by atoms with van der Waals surface area (Å²) < 4.78 is 8.47. The van der Waals surface area contributed by atoms with Crippen molar-refractivity contribution in [2.24, 2.45) is 4.99 Å². The third kappa shape index (κ3) is 4.17. The van der Waals surface area contributed by atoms with Gasteiger partial charge < -0.3 is 9.30 Å². The highest BCUT2D eigenvalue weighted by molar-refractivity contribution is 7.16. The maximum Gasteiger partial charge on any atom is 0.268 e. The molecule has 7 nitrogen and oxygen atoms in total. The smallest absolute Gasteiger partial charge is 0.268 e. The van der Waals surface area contributed by atoms with E-state index in [9.17, 15) is 14.4 Å². The van der Waals surface area contributed by atoms with Gasteiger partial charge in [0.05, 0.1) is 16.8 Å². The Hall–Kier alpha value is -2.32. The van der Waals surface area contributed by atoms with E-state index in [2.05, 4.69) is 17.1 Å². The summed E-state index contributed by atoms with van der Waals surface area (Å²) in [6.45, 7) is 7.44. The molecule has 0 aliphatic carbocycles. The normalized spacial score (nSPS) is 15.4. The molecule has 3 rings (SSSR count). The molecule has 0 spiro atoms. The second kappa shape index (κ2) is 8.14. The van der Waals surface area contributed by atoms with Crippen LogP contribution in [0.4, 0.5) is 0 Å². The van der Waals surface area contributed by atoms with Gasteiger partial charge in [-0.25, -0.2) is 0 Å². The highest BCUT2D eigenvalue weighted by atomic mass is 32.1. The number of fused-ring (bicyclic) bond motifs is 1. The van der Waals surface area contributed by atoms with Gasteiger partial charge in [0.15, 0.2) is 4.80 Å². The van der Waals surface area contributed by atoms with Gasteiger partial charge in [-0.3, -0.25) is 19.3 Å². The number of aromatic nitrogens is 1. The molecule has 1 saturated heterocycles. The Bertz CT molecular complexity index is 957. The molecule has 2 heterocycles. The molecule has 27 heavy (non-hydrogen) atoms. The number of imide groups is 1. The molecule has 1 fully saturated rings. The molecule has 0 bridgehead atoms. The fraction of sp³-hybridized carbons (Fsp3) is 0.474. The fourth-order valence-electron chi connectivity index (χ4n) is 3.00. The number of ether oxygens (including phenoxy) is 1. The van der Waals surface area contributed by atoms with Crippen molar-refractivity contribution in [3.63, 3.8) is 0 Å².